The van der Waals surface area contributed by atoms with Crippen LogP contribution in [0.3, 0.4) is 0 Å². The molecule has 8 heteroatoms. The van der Waals surface area contributed by atoms with Crippen LogP contribution in [0.4, 0.5) is 0 Å². The highest BCUT2D eigenvalue weighted by Gasteiger charge is 2.14. The Morgan fingerprint density at radius 1 is 1.50 bits per heavy atom. The van der Waals surface area contributed by atoms with Gasteiger partial charge in [0.15, 0.2) is 11.2 Å². The van der Waals surface area contributed by atoms with Gasteiger partial charge >= 0.3 is 5.69 Å². The van der Waals surface area contributed by atoms with Gasteiger partial charge in [-0.05, 0) is 11.6 Å². The number of imidazole rings is 1. The molecular formula is C8H8ClIN4O2. The monoisotopic (exact) mass is 354 g/mol. The van der Waals surface area contributed by atoms with Gasteiger partial charge in [-0.15, -0.1) is 0 Å². The van der Waals surface area contributed by atoms with Gasteiger partial charge in [-0.3, -0.25) is 13.9 Å². The molecule has 2 heterocycles. The van der Waals surface area contributed by atoms with Gasteiger partial charge in [0.1, 0.15) is 0 Å². The highest BCUT2D eigenvalue weighted by molar-refractivity contribution is 14.1. The fourth-order valence-electron chi connectivity index (χ4n) is 1.49. The summed E-state index contributed by atoms with van der Waals surface area (Å²) in [7, 11) is 1.43. The molecule has 0 fully saturated rings. The van der Waals surface area contributed by atoms with Gasteiger partial charge in [-0.25, -0.2) is 4.79 Å². The highest BCUT2D eigenvalue weighted by atomic mass is 127. The van der Waals surface area contributed by atoms with Crippen molar-refractivity contribution in [3.8, 4) is 0 Å². The van der Waals surface area contributed by atoms with Crippen LogP contribution in [0.1, 0.15) is 0 Å². The molecule has 2 aromatic rings. The lowest BCUT2D eigenvalue weighted by atomic mass is 10.5. The maximum absolute atomic E-state index is 11.8. The summed E-state index contributed by atoms with van der Waals surface area (Å²) in [5.74, 6) is 0. The third-order valence-electron chi connectivity index (χ3n) is 2.26. The molecular weight excluding hydrogens is 346 g/mol. The number of hydrogen-bond donors (Lipinski definition) is 1. The van der Waals surface area contributed by atoms with Crippen molar-refractivity contribution in [2.24, 2.45) is 7.05 Å². The van der Waals surface area contributed by atoms with Crippen LogP contribution < -0.4 is 11.2 Å². The lowest BCUT2D eigenvalue weighted by molar-refractivity contribution is 0.660. The normalized spacial score (nSPS) is 11.2. The van der Waals surface area contributed by atoms with E-state index in [0.29, 0.717) is 12.2 Å². The van der Waals surface area contributed by atoms with E-state index in [1.807, 2.05) is 0 Å². The van der Waals surface area contributed by atoms with E-state index < -0.39 is 5.56 Å². The Morgan fingerprint density at radius 2 is 2.19 bits per heavy atom. The lowest BCUT2D eigenvalue weighted by Crippen LogP contribution is -2.38. The summed E-state index contributed by atoms with van der Waals surface area (Å²) >= 11 is 7.85. The predicted molar refractivity (Wildman–Crippen MR) is 69.5 cm³/mol. The third kappa shape index (κ3) is 1.67. The molecule has 0 atom stereocenters. The summed E-state index contributed by atoms with van der Waals surface area (Å²) in [5, 5.41) is 0.111. The summed E-state index contributed by atoms with van der Waals surface area (Å²) in [5.41, 5.74) is -0.215. The van der Waals surface area contributed by atoms with Crippen molar-refractivity contribution in [1.82, 2.24) is 19.1 Å². The molecule has 0 amide bonds. The smallest absolute Gasteiger partial charge is 0.323 e. The van der Waals surface area contributed by atoms with E-state index in [0.717, 1.165) is 8.99 Å². The van der Waals surface area contributed by atoms with Crippen LogP contribution in [-0.4, -0.2) is 23.5 Å². The second-order valence-electron chi connectivity index (χ2n) is 3.21. The maximum atomic E-state index is 11.8. The number of rotatable bonds is 2. The zero-order valence-electron chi connectivity index (χ0n) is 8.33. The molecule has 0 radical (unpaired) electrons. The Labute approximate surface area is 108 Å². The molecule has 0 bridgehead atoms. The Bertz CT molecular complexity index is 656. The van der Waals surface area contributed by atoms with E-state index in [1.165, 1.54) is 11.6 Å². The summed E-state index contributed by atoms with van der Waals surface area (Å²) in [6.07, 6.45) is 0. The van der Waals surface area contributed by atoms with Gasteiger partial charge < -0.3 is 4.98 Å². The number of nitrogens with one attached hydrogen (secondary N) is 1. The van der Waals surface area contributed by atoms with Crippen LogP contribution in [-0.2, 0) is 13.6 Å². The molecule has 0 saturated heterocycles. The minimum Gasteiger partial charge on any atom is -0.323 e. The summed E-state index contributed by atoms with van der Waals surface area (Å²) in [6.45, 7) is 0.491. The van der Waals surface area contributed by atoms with Gasteiger partial charge in [0.25, 0.3) is 5.56 Å². The fourth-order valence-corrected chi connectivity index (χ4v) is 2.15. The number of aryl methyl sites for hydroxylation is 1. The Kier molecular flexibility index (Phi) is 3.06. The molecule has 1 N–H and O–H groups in total. The van der Waals surface area contributed by atoms with Crippen molar-refractivity contribution >= 4 is 45.4 Å². The van der Waals surface area contributed by atoms with Gasteiger partial charge in [-0.2, -0.15) is 4.98 Å². The number of H-pyrrole nitrogens is 1. The number of aromatic amines is 1. The molecule has 0 aliphatic carbocycles. The zero-order chi connectivity index (χ0) is 11.9. The van der Waals surface area contributed by atoms with E-state index in [4.69, 9.17) is 11.6 Å². The number of fused-ring (bicyclic) bond motifs is 1. The van der Waals surface area contributed by atoms with Crippen LogP contribution in [0.15, 0.2) is 9.59 Å². The molecule has 2 aromatic heterocycles. The number of nitrogens with zero attached hydrogens (tertiary/aromatic N) is 3. The van der Waals surface area contributed by atoms with E-state index in [-0.39, 0.29) is 16.5 Å². The molecule has 0 spiro atoms. The van der Waals surface area contributed by atoms with Gasteiger partial charge in [0.05, 0.1) is 0 Å². The zero-order valence-corrected chi connectivity index (χ0v) is 11.2. The second-order valence-corrected chi connectivity index (χ2v) is 4.65. The van der Waals surface area contributed by atoms with E-state index in [2.05, 4.69) is 32.6 Å². The largest absolute Gasteiger partial charge is 0.332 e. The average molecular weight is 355 g/mol. The molecule has 0 aliphatic rings. The minimum absolute atomic E-state index is 0.111. The summed E-state index contributed by atoms with van der Waals surface area (Å²) in [4.78, 5) is 30.2. The first-order valence-electron chi connectivity index (χ1n) is 4.47. The highest BCUT2D eigenvalue weighted by Crippen LogP contribution is 2.09. The van der Waals surface area contributed by atoms with E-state index >= 15 is 0 Å². The topological polar surface area (TPSA) is 72.7 Å². The number of hydrogen-bond acceptors (Lipinski definition) is 3. The first kappa shape index (κ1) is 11.6. The predicted octanol–water partition coefficient (Wildman–Crippen LogP) is 0.512. The van der Waals surface area contributed by atoms with Gasteiger partial charge in [0, 0.05) is 18.0 Å². The fraction of sp³-hybridized carbons (Fsp3) is 0.375. The first-order chi connectivity index (χ1) is 7.56. The summed E-state index contributed by atoms with van der Waals surface area (Å²) in [6, 6.07) is 0. The standard InChI is InChI=1S/C8H8ClIN4O2/c1-13-6(15)4-5(12-7(9)11-4)14(3-2-10)8(13)16/h2-3H2,1H3,(H,11,12). The first-order valence-corrected chi connectivity index (χ1v) is 6.37. The Balaban J connectivity index is 2.97. The summed E-state index contributed by atoms with van der Waals surface area (Å²) < 4.78 is 3.23. The molecule has 86 valence electrons. The van der Waals surface area contributed by atoms with E-state index in [1.54, 1.807) is 0 Å². The van der Waals surface area contributed by atoms with Crippen molar-refractivity contribution in [3.63, 3.8) is 0 Å². The van der Waals surface area contributed by atoms with Crippen molar-refractivity contribution in [1.29, 1.82) is 0 Å². The van der Waals surface area contributed by atoms with Gasteiger partial charge in [0.2, 0.25) is 5.28 Å². The third-order valence-corrected chi connectivity index (χ3v) is 2.92. The number of halogens is 2. The molecule has 0 unspecified atom stereocenters. The Morgan fingerprint density at radius 3 is 2.81 bits per heavy atom. The second kappa shape index (κ2) is 4.21. The molecule has 6 nitrogen and oxygen atoms in total. The molecule has 2 rings (SSSR count). The molecule has 0 saturated carbocycles. The molecule has 0 aromatic carbocycles. The maximum Gasteiger partial charge on any atom is 0.332 e. The van der Waals surface area contributed by atoms with Crippen molar-refractivity contribution in [2.45, 2.75) is 6.54 Å². The van der Waals surface area contributed by atoms with Crippen molar-refractivity contribution in [3.05, 3.63) is 26.1 Å². The number of alkyl halides is 1. The van der Waals surface area contributed by atoms with Crippen LogP contribution in [0.2, 0.25) is 5.28 Å². The quantitative estimate of drug-likeness (QED) is 0.485. The van der Waals surface area contributed by atoms with Crippen molar-refractivity contribution < 1.29 is 0 Å². The van der Waals surface area contributed by atoms with Gasteiger partial charge in [-0.1, -0.05) is 22.6 Å². The SMILES string of the molecule is Cn1c(=O)c2[nH]c(Cl)nc2n(CCI)c1=O. The van der Waals surface area contributed by atoms with Crippen LogP contribution in [0.5, 0.6) is 0 Å². The lowest BCUT2D eigenvalue weighted by Gasteiger charge is -2.05. The van der Waals surface area contributed by atoms with Crippen LogP contribution in [0, 0.1) is 0 Å². The van der Waals surface area contributed by atoms with E-state index in [9.17, 15) is 9.59 Å². The molecule has 0 aliphatic heterocycles. The Hall–Kier alpha value is -0.830. The van der Waals surface area contributed by atoms with Crippen molar-refractivity contribution in [2.75, 3.05) is 4.43 Å². The van der Waals surface area contributed by atoms with Crippen LogP contribution in [0.25, 0.3) is 11.2 Å². The number of aromatic nitrogens is 4. The minimum atomic E-state index is -0.413. The average Bonchev–Trinajstić information content (AvgIpc) is 2.63. The molecule has 16 heavy (non-hydrogen) atoms. The van der Waals surface area contributed by atoms with Crippen LogP contribution >= 0.6 is 34.2 Å².